The molecule has 130 valence electrons. The lowest BCUT2D eigenvalue weighted by Crippen LogP contribution is -2.27. The van der Waals surface area contributed by atoms with E-state index in [4.69, 9.17) is 0 Å². The average Bonchev–Trinajstić information content (AvgIpc) is 3.28. The molecule has 0 radical (unpaired) electrons. The Morgan fingerprint density at radius 3 is 3.08 bits per heavy atom. The van der Waals surface area contributed by atoms with Gasteiger partial charge in [0.15, 0.2) is 0 Å². The molecule has 1 amide bonds. The summed E-state index contributed by atoms with van der Waals surface area (Å²) >= 11 is 4.99. The van der Waals surface area contributed by atoms with Crippen LogP contribution in [0.15, 0.2) is 22.5 Å². The third-order valence-electron chi connectivity index (χ3n) is 4.33. The van der Waals surface area contributed by atoms with E-state index in [2.05, 4.69) is 21.4 Å². The molecular formula is C18H19N3OS3. The number of carbonyl (C=O) groups is 1. The van der Waals surface area contributed by atoms with Gasteiger partial charge in [-0.15, -0.1) is 22.7 Å². The van der Waals surface area contributed by atoms with Gasteiger partial charge in [0.05, 0.1) is 11.8 Å². The normalized spacial score (nSPS) is 14.6. The van der Waals surface area contributed by atoms with Gasteiger partial charge in [-0.25, -0.2) is 9.97 Å². The van der Waals surface area contributed by atoms with Crippen molar-refractivity contribution in [1.29, 1.82) is 0 Å². The molecule has 0 fully saturated rings. The monoisotopic (exact) mass is 389 g/mol. The van der Waals surface area contributed by atoms with Crippen LogP contribution in [0.1, 0.15) is 40.5 Å². The zero-order chi connectivity index (χ0) is 17.4. The second kappa shape index (κ2) is 7.05. The number of nitrogens with zero attached hydrogens (tertiary/aromatic N) is 2. The molecule has 3 heterocycles. The number of hydrogen-bond donors (Lipinski definition) is 1. The van der Waals surface area contributed by atoms with Crippen molar-refractivity contribution in [3.8, 4) is 0 Å². The molecular weight excluding hydrogens is 370 g/mol. The summed E-state index contributed by atoms with van der Waals surface area (Å²) in [6.45, 7) is 3.94. The lowest BCUT2D eigenvalue weighted by molar-refractivity contribution is -0.119. The predicted molar refractivity (Wildman–Crippen MR) is 106 cm³/mol. The molecule has 0 unspecified atom stereocenters. The van der Waals surface area contributed by atoms with Crippen LogP contribution in [0, 0.1) is 6.92 Å². The minimum Gasteiger partial charge on any atom is -0.348 e. The van der Waals surface area contributed by atoms with Gasteiger partial charge >= 0.3 is 0 Å². The first-order chi connectivity index (χ1) is 12.1. The maximum Gasteiger partial charge on any atom is 0.230 e. The van der Waals surface area contributed by atoms with E-state index in [-0.39, 0.29) is 11.9 Å². The van der Waals surface area contributed by atoms with E-state index < -0.39 is 0 Å². The highest BCUT2D eigenvalue weighted by atomic mass is 32.2. The number of aryl methyl sites for hydroxylation is 3. The third-order valence-corrected chi connectivity index (χ3v) is 7.55. The predicted octanol–water partition coefficient (Wildman–Crippen LogP) is 4.52. The molecule has 25 heavy (non-hydrogen) atoms. The van der Waals surface area contributed by atoms with Gasteiger partial charge in [0, 0.05) is 15.1 Å². The van der Waals surface area contributed by atoms with E-state index in [1.807, 2.05) is 25.3 Å². The SMILES string of the molecule is Cc1nc(SCC(=O)N[C@H](C)c2cccs2)c2c3c(sc2n1)CCC3. The van der Waals surface area contributed by atoms with Crippen molar-refractivity contribution in [1.82, 2.24) is 15.3 Å². The fourth-order valence-electron chi connectivity index (χ4n) is 3.19. The molecule has 0 aliphatic heterocycles. The number of amides is 1. The molecule has 0 saturated carbocycles. The highest BCUT2D eigenvalue weighted by Gasteiger charge is 2.22. The van der Waals surface area contributed by atoms with E-state index in [1.54, 1.807) is 22.7 Å². The molecule has 3 aromatic heterocycles. The fraction of sp³-hybridized carbons (Fsp3) is 0.389. The Balaban J connectivity index is 1.50. The highest BCUT2D eigenvalue weighted by molar-refractivity contribution is 8.00. The van der Waals surface area contributed by atoms with Crippen molar-refractivity contribution in [2.45, 2.75) is 44.2 Å². The topological polar surface area (TPSA) is 54.9 Å². The van der Waals surface area contributed by atoms with Crippen LogP contribution in [-0.2, 0) is 17.6 Å². The number of thioether (sulfide) groups is 1. The Kier molecular flexibility index (Phi) is 4.80. The summed E-state index contributed by atoms with van der Waals surface area (Å²) in [5, 5.41) is 7.25. The van der Waals surface area contributed by atoms with Gasteiger partial charge in [0.25, 0.3) is 0 Å². The summed E-state index contributed by atoms with van der Waals surface area (Å²) in [6, 6.07) is 4.11. The molecule has 0 saturated heterocycles. The van der Waals surface area contributed by atoms with Crippen LogP contribution in [0.25, 0.3) is 10.2 Å². The molecule has 1 aliphatic carbocycles. The van der Waals surface area contributed by atoms with Crippen molar-refractivity contribution < 1.29 is 4.79 Å². The summed E-state index contributed by atoms with van der Waals surface area (Å²) in [4.78, 5) is 25.3. The summed E-state index contributed by atoms with van der Waals surface area (Å²) in [7, 11) is 0. The first kappa shape index (κ1) is 17.0. The van der Waals surface area contributed by atoms with Crippen LogP contribution >= 0.6 is 34.4 Å². The van der Waals surface area contributed by atoms with Crippen molar-refractivity contribution in [2.24, 2.45) is 0 Å². The number of rotatable bonds is 5. The zero-order valence-corrected chi connectivity index (χ0v) is 16.6. The first-order valence-corrected chi connectivity index (χ1v) is 11.0. The van der Waals surface area contributed by atoms with Gasteiger partial charge in [-0.05, 0) is 50.1 Å². The quantitative estimate of drug-likeness (QED) is 0.515. The lowest BCUT2D eigenvalue weighted by atomic mass is 10.2. The number of fused-ring (bicyclic) bond motifs is 3. The molecule has 4 nitrogen and oxygen atoms in total. The molecule has 0 aromatic carbocycles. The largest absolute Gasteiger partial charge is 0.348 e. The Morgan fingerprint density at radius 2 is 2.28 bits per heavy atom. The van der Waals surface area contributed by atoms with Crippen molar-refractivity contribution in [3.05, 3.63) is 38.7 Å². The molecule has 0 spiro atoms. The second-order valence-electron chi connectivity index (χ2n) is 6.21. The molecule has 1 N–H and O–H groups in total. The third kappa shape index (κ3) is 3.45. The summed E-state index contributed by atoms with van der Waals surface area (Å²) < 4.78 is 0. The van der Waals surface area contributed by atoms with Crippen LogP contribution in [-0.4, -0.2) is 21.6 Å². The molecule has 1 atom stereocenters. The summed E-state index contributed by atoms with van der Waals surface area (Å²) in [5.74, 6) is 1.20. The maximum atomic E-state index is 12.3. The first-order valence-electron chi connectivity index (χ1n) is 8.36. The fourth-order valence-corrected chi connectivity index (χ4v) is 6.21. The van der Waals surface area contributed by atoms with Crippen LogP contribution in [0.4, 0.5) is 0 Å². The van der Waals surface area contributed by atoms with Crippen LogP contribution < -0.4 is 5.32 Å². The molecule has 1 aliphatic rings. The number of thiophene rings is 2. The van der Waals surface area contributed by atoms with Crippen LogP contribution in [0.5, 0.6) is 0 Å². The van der Waals surface area contributed by atoms with Crippen molar-refractivity contribution in [2.75, 3.05) is 5.75 Å². The number of carbonyl (C=O) groups excluding carboxylic acids is 1. The van der Waals surface area contributed by atoms with E-state index in [9.17, 15) is 4.79 Å². The molecule has 4 rings (SSSR count). The Morgan fingerprint density at radius 1 is 1.40 bits per heavy atom. The molecule has 3 aromatic rings. The van der Waals surface area contributed by atoms with Crippen LogP contribution in [0.3, 0.4) is 0 Å². The van der Waals surface area contributed by atoms with Crippen molar-refractivity contribution >= 4 is 50.6 Å². The Bertz CT molecular complexity index is 917. The van der Waals surface area contributed by atoms with Gasteiger partial charge in [0.1, 0.15) is 15.7 Å². The number of aromatic nitrogens is 2. The van der Waals surface area contributed by atoms with Crippen LogP contribution in [0.2, 0.25) is 0 Å². The molecule has 7 heteroatoms. The average molecular weight is 390 g/mol. The highest BCUT2D eigenvalue weighted by Crippen LogP contribution is 2.40. The summed E-state index contributed by atoms with van der Waals surface area (Å²) in [5.41, 5.74) is 1.41. The van der Waals surface area contributed by atoms with E-state index in [0.29, 0.717) is 5.75 Å². The van der Waals surface area contributed by atoms with Gasteiger partial charge < -0.3 is 5.32 Å². The van der Waals surface area contributed by atoms with Gasteiger partial charge in [-0.1, -0.05) is 17.8 Å². The minimum atomic E-state index is 0.0437. The van der Waals surface area contributed by atoms with Gasteiger partial charge in [0.2, 0.25) is 5.91 Å². The Hall–Kier alpha value is -1.44. The maximum absolute atomic E-state index is 12.3. The smallest absolute Gasteiger partial charge is 0.230 e. The van der Waals surface area contributed by atoms with E-state index in [0.717, 1.165) is 28.5 Å². The standard InChI is InChI=1S/C18H19N3OS3/c1-10(13-7-4-8-23-13)19-15(22)9-24-17-16-12-5-3-6-14(12)25-18(16)21-11(2)20-17/h4,7-8,10H,3,5-6,9H2,1-2H3,(H,19,22)/t10-/m1/s1. The summed E-state index contributed by atoms with van der Waals surface area (Å²) in [6.07, 6.45) is 3.48. The van der Waals surface area contributed by atoms with Gasteiger partial charge in [-0.3, -0.25) is 4.79 Å². The number of hydrogen-bond acceptors (Lipinski definition) is 6. The second-order valence-corrected chi connectivity index (χ2v) is 9.23. The number of nitrogens with one attached hydrogen (secondary N) is 1. The lowest BCUT2D eigenvalue weighted by Gasteiger charge is -2.12. The minimum absolute atomic E-state index is 0.0437. The zero-order valence-electron chi connectivity index (χ0n) is 14.2. The van der Waals surface area contributed by atoms with Crippen molar-refractivity contribution in [3.63, 3.8) is 0 Å². The Labute approximate surface area is 159 Å². The molecule has 0 bridgehead atoms. The van der Waals surface area contributed by atoms with E-state index in [1.165, 1.54) is 38.9 Å². The van der Waals surface area contributed by atoms with E-state index >= 15 is 0 Å². The van der Waals surface area contributed by atoms with Gasteiger partial charge in [-0.2, -0.15) is 0 Å².